The Morgan fingerprint density at radius 2 is 1.95 bits per heavy atom. The van der Waals surface area contributed by atoms with Gasteiger partial charge in [-0.1, -0.05) is 35.3 Å². The van der Waals surface area contributed by atoms with Crippen LogP contribution in [-0.4, -0.2) is 29.9 Å². The predicted octanol–water partition coefficient (Wildman–Crippen LogP) is 3.05. The van der Waals surface area contributed by atoms with Crippen molar-refractivity contribution < 1.29 is 4.79 Å². The van der Waals surface area contributed by atoms with Crippen molar-refractivity contribution in [3.05, 3.63) is 33.8 Å². The zero-order valence-corrected chi connectivity index (χ0v) is 12.7. The van der Waals surface area contributed by atoms with Crippen molar-refractivity contribution in [1.82, 2.24) is 4.90 Å². The van der Waals surface area contributed by atoms with Gasteiger partial charge in [-0.2, -0.15) is 0 Å². The van der Waals surface area contributed by atoms with E-state index in [1.807, 2.05) is 17.0 Å². The van der Waals surface area contributed by atoms with E-state index < -0.39 is 0 Å². The van der Waals surface area contributed by atoms with Crippen LogP contribution in [0.15, 0.2) is 18.2 Å². The molecule has 3 rings (SSSR count). The summed E-state index contributed by atoms with van der Waals surface area (Å²) < 4.78 is 0. The van der Waals surface area contributed by atoms with E-state index >= 15 is 0 Å². The Bertz CT molecular complexity index is 527. The van der Waals surface area contributed by atoms with Gasteiger partial charge >= 0.3 is 0 Å². The normalized spacial score (nSPS) is 26.6. The maximum Gasteiger partial charge on any atom is 0.226 e. The molecule has 20 heavy (non-hydrogen) atoms. The number of amides is 1. The Balaban J connectivity index is 1.67. The van der Waals surface area contributed by atoms with Crippen LogP contribution >= 0.6 is 23.2 Å². The summed E-state index contributed by atoms with van der Waals surface area (Å²) in [5.74, 6) is 0.544. The Hall–Kier alpha value is -0.770. The van der Waals surface area contributed by atoms with E-state index in [0.717, 1.165) is 37.9 Å². The van der Waals surface area contributed by atoms with Crippen LogP contribution in [-0.2, 0) is 4.79 Å². The third-order valence-electron chi connectivity index (χ3n) is 4.34. The van der Waals surface area contributed by atoms with Crippen molar-refractivity contribution in [2.45, 2.75) is 31.2 Å². The first-order valence-corrected chi connectivity index (χ1v) is 7.82. The Kier molecular flexibility index (Phi) is 3.93. The van der Waals surface area contributed by atoms with Gasteiger partial charge in [0.25, 0.3) is 0 Å². The predicted molar refractivity (Wildman–Crippen MR) is 81.1 cm³/mol. The van der Waals surface area contributed by atoms with E-state index in [1.54, 1.807) is 6.07 Å². The van der Waals surface area contributed by atoms with E-state index in [9.17, 15) is 4.79 Å². The molecule has 1 aliphatic heterocycles. The molecule has 1 aromatic carbocycles. The lowest BCUT2D eigenvalue weighted by molar-refractivity contribution is -0.133. The second-order valence-corrected chi connectivity index (χ2v) is 6.54. The van der Waals surface area contributed by atoms with Gasteiger partial charge in [0.15, 0.2) is 0 Å². The van der Waals surface area contributed by atoms with Gasteiger partial charge in [0.05, 0.1) is 10.0 Å². The number of nitrogens with zero attached hydrogens (tertiary/aromatic N) is 1. The van der Waals surface area contributed by atoms with E-state index in [1.165, 1.54) is 0 Å². The van der Waals surface area contributed by atoms with Gasteiger partial charge in [0.2, 0.25) is 5.91 Å². The molecule has 1 heterocycles. The molecule has 1 amide bonds. The number of piperidine rings is 1. The second kappa shape index (κ2) is 5.55. The van der Waals surface area contributed by atoms with Gasteiger partial charge in [0.1, 0.15) is 0 Å². The molecule has 2 N–H and O–H groups in total. The first kappa shape index (κ1) is 14.2. The average Bonchev–Trinajstić information content (AvgIpc) is 3.22. The molecule has 1 saturated heterocycles. The lowest BCUT2D eigenvalue weighted by Gasteiger charge is -2.30. The Labute approximate surface area is 129 Å². The van der Waals surface area contributed by atoms with Crippen molar-refractivity contribution in [2.75, 3.05) is 13.1 Å². The molecule has 2 fully saturated rings. The molecule has 0 radical (unpaired) electrons. The molecule has 0 bridgehead atoms. The minimum atomic E-state index is 0.0697. The van der Waals surface area contributed by atoms with Gasteiger partial charge < -0.3 is 10.6 Å². The SMILES string of the molecule is NC1CCN(C(=O)[C@H]2C[C@H]2c2cccc(Cl)c2Cl)CC1. The molecule has 2 atom stereocenters. The van der Waals surface area contributed by atoms with Crippen molar-refractivity contribution in [3.8, 4) is 0 Å². The third kappa shape index (κ3) is 2.67. The maximum atomic E-state index is 12.5. The van der Waals surface area contributed by atoms with Crippen molar-refractivity contribution in [3.63, 3.8) is 0 Å². The molecule has 1 aromatic rings. The fourth-order valence-electron chi connectivity index (χ4n) is 2.97. The van der Waals surface area contributed by atoms with Crippen LogP contribution in [0.3, 0.4) is 0 Å². The van der Waals surface area contributed by atoms with Gasteiger partial charge in [-0.25, -0.2) is 0 Å². The van der Waals surface area contributed by atoms with Gasteiger partial charge in [-0.05, 0) is 36.8 Å². The van der Waals surface area contributed by atoms with Gasteiger partial charge in [-0.3, -0.25) is 4.79 Å². The zero-order chi connectivity index (χ0) is 14.3. The highest BCUT2D eigenvalue weighted by atomic mass is 35.5. The quantitative estimate of drug-likeness (QED) is 0.912. The highest BCUT2D eigenvalue weighted by molar-refractivity contribution is 6.42. The van der Waals surface area contributed by atoms with Gasteiger partial charge in [-0.15, -0.1) is 0 Å². The lowest BCUT2D eigenvalue weighted by atomic mass is 10.0. The molecular formula is C15H18Cl2N2O. The van der Waals surface area contributed by atoms with Crippen LogP contribution in [0.25, 0.3) is 0 Å². The fraction of sp³-hybridized carbons (Fsp3) is 0.533. The summed E-state index contributed by atoms with van der Waals surface area (Å²) in [5, 5.41) is 1.15. The standard InChI is InChI=1S/C15H18Cl2N2O/c16-13-3-1-2-10(14(13)17)11-8-12(11)15(20)19-6-4-9(18)5-7-19/h1-3,9,11-12H,4-8,18H2/t11-,12-/m0/s1. The van der Waals surface area contributed by atoms with E-state index in [-0.39, 0.29) is 23.8 Å². The van der Waals surface area contributed by atoms with Crippen LogP contribution in [0.4, 0.5) is 0 Å². The van der Waals surface area contributed by atoms with E-state index in [0.29, 0.717) is 10.0 Å². The smallest absolute Gasteiger partial charge is 0.226 e. The first-order valence-electron chi connectivity index (χ1n) is 7.06. The molecule has 0 aromatic heterocycles. The molecule has 0 spiro atoms. The van der Waals surface area contributed by atoms with Crippen LogP contribution in [0.5, 0.6) is 0 Å². The van der Waals surface area contributed by atoms with Crippen LogP contribution in [0, 0.1) is 5.92 Å². The van der Waals surface area contributed by atoms with E-state index in [4.69, 9.17) is 28.9 Å². The highest BCUT2D eigenvalue weighted by Gasteiger charge is 2.47. The number of hydrogen-bond donors (Lipinski definition) is 1. The number of carbonyl (C=O) groups excluding carboxylic acids is 1. The molecule has 108 valence electrons. The zero-order valence-electron chi connectivity index (χ0n) is 11.2. The number of halogens is 2. The molecule has 3 nitrogen and oxygen atoms in total. The Morgan fingerprint density at radius 3 is 2.65 bits per heavy atom. The average molecular weight is 313 g/mol. The van der Waals surface area contributed by atoms with Crippen LogP contribution < -0.4 is 5.73 Å². The van der Waals surface area contributed by atoms with Crippen LogP contribution in [0.2, 0.25) is 10.0 Å². The monoisotopic (exact) mass is 312 g/mol. The number of hydrogen-bond acceptors (Lipinski definition) is 2. The number of nitrogens with two attached hydrogens (primary N) is 1. The summed E-state index contributed by atoms with van der Waals surface area (Å²) in [7, 11) is 0. The van der Waals surface area contributed by atoms with Crippen molar-refractivity contribution >= 4 is 29.1 Å². The lowest BCUT2D eigenvalue weighted by Crippen LogP contribution is -2.43. The molecular weight excluding hydrogens is 295 g/mol. The number of benzene rings is 1. The van der Waals surface area contributed by atoms with Crippen molar-refractivity contribution in [2.24, 2.45) is 11.7 Å². The molecule has 0 unspecified atom stereocenters. The minimum Gasteiger partial charge on any atom is -0.342 e. The molecule has 1 aliphatic carbocycles. The van der Waals surface area contributed by atoms with E-state index in [2.05, 4.69) is 0 Å². The highest BCUT2D eigenvalue weighted by Crippen LogP contribution is 2.51. The third-order valence-corrected chi connectivity index (χ3v) is 5.17. The summed E-state index contributed by atoms with van der Waals surface area (Å²) >= 11 is 12.3. The topological polar surface area (TPSA) is 46.3 Å². The summed E-state index contributed by atoms with van der Waals surface area (Å²) in [6.07, 6.45) is 2.68. The van der Waals surface area contributed by atoms with Crippen LogP contribution in [0.1, 0.15) is 30.7 Å². The summed E-state index contributed by atoms with van der Waals surface area (Å²) in [6.45, 7) is 1.57. The number of likely N-dealkylation sites (tertiary alicyclic amines) is 1. The number of carbonyl (C=O) groups is 1. The maximum absolute atomic E-state index is 12.5. The Morgan fingerprint density at radius 1 is 1.25 bits per heavy atom. The summed E-state index contributed by atoms with van der Waals surface area (Å²) in [6, 6.07) is 5.89. The second-order valence-electron chi connectivity index (χ2n) is 5.75. The molecule has 5 heteroatoms. The molecule has 2 aliphatic rings. The van der Waals surface area contributed by atoms with Gasteiger partial charge in [0, 0.05) is 25.0 Å². The minimum absolute atomic E-state index is 0.0697. The first-order chi connectivity index (χ1) is 9.58. The molecule has 1 saturated carbocycles. The summed E-state index contributed by atoms with van der Waals surface area (Å²) in [4.78, 5) is 14.4. The summed E-state index contributed by atoms with van der Waals surface area (Å²) in [5.41, 5.74) is 6.88. The fourth-order valence-corrected chi connectivity index (χ4v) is 3.42. The number of rotatable bonds is 2. The largest absolute Gasteiger partial charge is 0.342 e. The van der Waals surface area contributed by atoms with Crippen molar-refractivity contribution in [1.29, 1.82) is 0 Å².